The van der Waals surface area contributed by atoms with E-state index >= 15 is 0 Å². The lowest BCUT2D eigenvalue weighted by atomic mass is 9.81. The summed E-state index contributed by atoms with van der Waals surface area (Å²) in [6, 6.07) is 10.9. The van der Waals surface area contributed by atoms with Gasteiger partial charge in [-0.25, -0.2) is 4.72 Å². The fraction of sp³-hybridized carbons (Fsp3) is 0.444. The van der Waals surface area contributed by atoms with Crippen LogP contribution in [0.25, 0.3) is 28.2 Å². The first-order chi connectivity index (χ1) is 23.6. The van der Waals surface area contributed by atoms with E-state index in [0.717, 1.165) is 64.2 Å². The third-order valence-corrected chi connectivity index (χ3v) is 10.9. The van der Waals surface area contributed by atoms with E-state index in [1.807, 2.05) is 28.8 Å². The smallest absolute Gasteiger partial charge is 0.303 e. The van der Waals surface area contributed by atoms with Crippen LogP contribution in [-0.2, 0) is 31.1 Å². The number of nitrogens with zero attached hydrogens (tertiary/aromatic N) is 5. The minimum Gasteiger partial charge on any atom is -0.497 e. The highest BCUT2D eigenvalue weighted by atomic mass is 32.2. The molecule has 13 nitrogen and oxygen atoms in total. The Hall–Kier alpha value is -4.69. The molecule has 268 valence electrons. The molecule has 1 N–H and O–H groups in total. The molecule has 0 radical (unpaired) electrons. The molecule has 2 aromatic carbocycles. The predicted octanol–water partition coefficient (Wildman–Crippen LogP) is 3.30. The SMILES string of the molecule is COc1ccc2c(c1)C=C(C(=O)N(CC(=O)N(C)C)CC(=O)N(C)C)Cn1c-2c(C2CCCCC2)c2ccc(C(=O)NS(=O)(=O)N(C)C)cc21. The molecule has 1 aliphatic carbocycles. The van der Waals surface area contributed by atoms with Crippen molar-refractivity contribution in [1.29, 1.82) is 0 Å². The molecule has 1 aromatic heterocycles. The maximum absolute atomic E-state index is 14.5. The molecule has 1 aliphatic heterocycles. The number of carbonyl (C=O) groups excluding carboxylic acids is 4. The van der Waals surface area contributed by atoms with Gasteiger partial charge < -0.3 is 24.0 Å². The summed E-state index contributed by atoms with van der Waals surface area (Å²) in [4.78, 5) is 57.7. The Balaban J connectivity index is 1.74. The van der Waals surface area contributed by atoms with E-state index in [0.29, 0.717) is 16.8 Å². The molecule has 14 heteroatoms. The molecule has 0 unspecified atom stereocenters. The Kier molecular flexibility index (Phi) is 10.7. The number of aromatic nitrogens is 1. The second-order valence-corrected chi connectivity index (χ2v) is 15.4. The van der Waals surface area contributed by atoms with Crippen LogP contribution in [0.15, 0.2) is 42.0 Å². The summed E-state index contributed by atoms with van der Waals surface area (Å²) in [7, 11) is 6.56. The highest BCUT2D eigenvalue weighted by Crippen LogP contribution is 2.47. The summed E-state index contributed by atoms with van der Waals surface area (Å²) in [5.41, 5.74) is 4.76. The van der Waals surface area contributed by atoms with E-state index in [2.05, 4.69) is 4.72 Å². The molecule has 4 amide bonds. The first-order valence-electron chi connectivity index (χ1n) is 16.6. The number of amides is 4. The number of methoxy groups -OCH3 is 1. The van der Waals surface area contributed by atoms with Crippen LogP contribution in [0.1, 0.15) is 59.5 Å². The number of fused-ring (bicyclic) bond motifs is 5. The van der Waals surface area contributed by atoms with E-state index < -0.39 is 22.0 Å². The molecule has 5 rings (SSSR count). The molecule has 3 aromatic rings. The summed E-state index contributed by atoms with van der Waals surface area (Å²) in [5, 5.41) is 0.914. The van der Waals surface area contributed by atoms with Gasteiger partial charge in [0.1, 0.15) is 18.8 Å². The summed E-state index contributed by atoms with van der Waals surface area (Å²) >= 11 is 0. The number of benzene rings is 2. The van der Waals surface area contributed by atoms with Gasteiger partial charge in [-0.3, -0.25) is 19.2 Å². The lowest BCUT2D eigenvalue weighted by molar-refractivity contribution is -0.141. The third-order valence-electron chi connectivity index (χ3n) is 9.47. The lowest BCUT2D eigenvalue weighted by Gasteiger charge is -2.26. The molecule has 1 saturated carbocycles. The van der Waals surface area contributed by atoms with Gasteiger partial charge in [0.05, 0.1) is 19.3 Å². The maximum atomic E-state index is 14.5. The fourth-order valence-electron chi connectivity index (χ4n) is 6.59. The van der Waals surface area contributed by atoms with Crippen molar-refractivity contribution in [1.82, 2.24) is 28.3 Å². The van der Waals surface area contributed by atoms with Gasteiger partial charge in [-0.05, 0) is 66.3 Å². The van der Waals surface area contributed by atoms with Crippen molar-refractivity contribution in [3.8, 4) is 17.0 Å². The zero-order valence-electron chi connectivity index (χ0n) is 29.8. The molecular weight excluding hydrogens is 660 g/mol. The van der Waals surface area contributed by atoms with Crippen LogP contribution in [0.3, 0.4) is 0 Å². The standard InChI is InChI=1S/C36H46N6O7S/c1-38(2)31(43)21-41(22-32(44)39(3)4)36(46)26-17-25-18-27(49-7)14-16-28(25)34-33(23-11-9-8-10-12-23)29-15-13-24(19-30(29)42(34)20-26)35(45)37-50(47,48)40(5)6/h13-19,23H,8-12,20-22H2,1-7H3,(H,37,45). The second-order valence-electron chi connectivity index (χ2n) is 13.5. The Morgan fingerprint density at radius 3 is 2.10 bits per heavy atom. The van der Waals surface area contributed by atoms with Gasteiger partial charge in [-0.2, -0.15) is 12.7 Å². The Morgan fingerprint density at radius 1 is 0.880 bits per heavy atom. The zero-order chi connectivity index (χ0) is 36.5. The van der Waals surface area contributed by atoms with Gasteiger partial charge in [0.15, 0.2) is 0 Å². The van der Waals surface area contributed by atoms with Crippen molar-refractivity contribution < 1.29 is 32.3 Å². The van der Waals surface area contributed by atoms with Gasteiger partial charge >= 0.3 is 10.2 Å². The van der Waals surface area contributed by atoms with E-state index in [1.54, 1.807) is 53.5 Å². The lowest BCUT2D eigenvalue weighted by Crippen LogP contribution is -2.46. The van der Waals surface area contributed by atoms with Crippen molar-refractivity contribution in [3.05, 3.63) is 58.7 Å². The van der Waals surface area contributed by atoms with Crippen LogP contribution in [-0.4, -0.2) is 118 Å². The monoisotopic (exact) mass is 706 g/mol. The number of ether oxygens (including phenoxy) is 1. The van der Waals surface area contributed by atoms with Crippen molar-refractivity contribution in [3.63, 3.8) is 0 Å². The fourth-order valence-corrected chi connectivity index (χ4v) is 7.13. The van der Waals surface area contributed by atoms with Crippen molar-refractivity contribution in [2.75, 3.05) is 62.5 Å². The van der Waals surface area contributed by atoms with Gasteiger partial charge in [-0.1, -0.05) is 25.3 Å². The number of likely N-dealkylation sites (N-methyl/N-ethyl adjacent to an activating group) is 2. The summed E-state index contributed by atoms with van der Waals surface area (Å²) in [6.07, 6.45) is 7.05. The average Bonchev–Trinajstić information content (AvgIpc) is 3.29. The van der Waals surface area contributed by atoms with Crippen LogP contribution >= 0.6 is 0 Å². The molecule has 0 spiro atoms. The quantitative estimate of drug-likeness (QED) is 0.341. The highest BCUT2D eigenvalue weighted by Gasteiger charge is 2.33. The van der Waals surface area contributed by atoms with E-state index in [9.17, 15) is 27.6 Å². The van der Waals surface area contributed by atoms with Crippen LogP contribution in [0.5, 0.6) is 5.75 Å². The average molecular weight is 707 g/mol. The van der Waals surface area contributed by atoms with E-state index in [1.165, 1.54) is 28.8 Å². The highest BCUT2D eigenvalue weighted by molar-refractivity contribution is 7.87. The van der Waals surface area contributed by atoms with E-state index in [4.69, 9.17) is 4.74 Å². The molecule has 0 bridgehead atoms. The number of hydrogen-bond donors (Lipinski definition) is 1. The molecular formula is C36H46N6O7S. The molecule has 2 heterocycles. The van der Waals surface area contributed by atoms with Gasteiger partial charge in [0, 0.05) is 69.9 Å². The second kappa shape index (κ2) is 14.7. The van der Waals surface area contributed by atoms with Gasteiger partial charge in [-0.15, -0.1) is 0 Å². The van der Waals surface area contributed by atoms with Gasteiger partial charge in [0.25, 0.3) is 11.8 Å². The third kappa shape index (κ3) is 7.41. The predicted molar refractivity (Wildman–Crippen MR) is 192 cm³/mol. The zero-order valence-corrected chi connectivity index (χ0v) is 30.6. The van der Waals surface area contributed by atoms with Crippen LogP contribution < -0.4 is 9.46 Å². The molecule has 1 fully saturated rings. The van der Waals surface area contributed by atoms with Crippen molar-refractivity contribution >= 4 is 50.8 Å². The van der Waals surface area contributed by atoms with Crippen LogP contribution in [0.2, 0.25) is 0 Å². The van der Waals surface area contributed by atoms with Crippen molar-refractivity contribution in [2.45, 2.75) is 44.6 Å². The number of nitrogens with one attached hydrogen (secondary N) is 1. The molecule has 2 aliphatic rings. The normalized spacial score (nSPS) is 14.7. The largest absolute Gasteiger partial charge is 0.497 e. The summed E-state index contributed by atoms with van der Waals surface area (Å²) in [6.45, 7) is -0.533. The first-order valence-corrected chi connectivity index (χ1v) is 18.1. The summed E-state index contributed by atoms with van der Waals surface area (Å²) in [5.74, 6) is -1.12. The molecule has 0 saturated heterocycles. The van der Waals surface area contributed by atoms with Crippen LogP contribution in [0, 0.1) is 0 Å². The summed E-state index contributed by atoms with van der Waals surface area (Å²) < 4.78 is 35.7. The molecule has 0 atom stereocenters. The Bertz CT molecular complexity index is 1950. The number of carbonyl (C=O) groups is 4. The molecule has 50 heavy (non-hydrogen) atoms. The topological polar surface area (TPSA) is 142 Å². The number of rotatable bonds is 10. The first kappa shape index (κ1) is 36.6. The Labute approximate surface area is 293 Å². The van der Waals surface area contributed by atoms with Crippen molar-refractivity contribution in [2.24, 2.45) is 0 Å². The number of hydrogen-bond acceptors (Lipinski definition) is 7. The maximum Gasteiger partial charge on any atom is 0.303 e. The van der Waals surface area contributed by atoms with Crippen LogP contribution in [0.4, 0.5) is 0 Å². The minimum absolute atomic E-state index is 0.0677. The van der Waals surface area contributed by atoms with Gasteiger partial charge in [0.2, 0.25) is 11.8 Å². The minimum atomic E-state index is -4.05. The van der Waals surface area contributed by atoms with E-state index in [-0.39, 0.29) is 42.9 Å². The Morgan fingerprint density at radius 2 is 1.52 bits per heavy atom.